The van der Waals surface area contributed by atoms with Crippen LogP contribution in [0.25, 0.3) is 0 Å². The van der Waals surface area contributed by atoms with Crippen LogP contribution < -0.4 is 5.32 Å². The minimum atomic E-state index is -3.63. The number of amides is 1. The fraction of sp³-hybridized carbons (Fsp3) is 0.533. The van der Waals surface area contributed by atoms with Gasteiger partial charge in [-0.1, -0.05) is 11.6 Å². The molecule has 2 bridgehead atoms. The number of nitrogens with zero attached hydrogens (tertiary/aromatic N) is 1. The number of rotatable bonds is 3. The van der Waals surface area contributed by atoms with Gasteiger partial charge in [-0.05, 0) is 50.1 Å². The van der Waals surface area contributed by atoms with Crippen LogP contribution in [-0.2, 0) is 14.6 Å². The molecular weight excluding hydrogens is 324 g/mol. The first kappa shape index (κ1) is 15.8. The Morgan fingerprint density at radius 2 is 1.86 bits per heavy atom. The minimum Gasteiger partial charge on any atom is -0.335 e. The van der Waals surface area contributed by atoms with Crippen LogP contribution in [0, 0.1) is 0 Å². The van der Waals surface area contributed by atoms with Gasteiger partial charge in [-0.15, -0.1) is 0 Å². The van der Waals surface area contributed by atoms with E-state index in [0.717, 1.165) is 32.4 Å². The van der Waals surface area contributed by atoms with Crippen molar-refractivity contribution in [2.24, 2.45) is 0 Å². The summed E-state index contributed by atoms with van der Waals surface area (Å²) in [6, 6.07) is 6.25. The second kappa shape index (κ2) is 6.18. The number of halogens is 1. The molecule has 5 nitrogen and oxygen atoms in total. The first-order valence-corrected chi connectivity index (χ1v) is 9.50. The number of nitrogens with one attached hydrogen (secondary N) is 1. The van der Waals surface area contributed by atoms with Crippen molar-refractivity contribution < 1.29 is 13.2 Å². The van der Waals surface area contributed by atoms with Crippen molar-refractivity contribution in [1.82, 2.24) is 10.2 Å². The lowest BCUT2D eigenvalue weighted by Crippen LogP contribution is -2.45. The molecule has 1 aromatic carbocycles. The van der Waals surface area contributed by atoms with Crippen LogP contribution in [0.3, 0.4) is 0 Å². The smallest absolute Gasteiger partial charge is 0.238 e. The second-order valence-corrected chi connectivity index (χ2v) is 8.32. The van der Waals surface area contributed by atoms with E-state index in [0.29, 0.717) is 5.02 Å². The maximum atomic E-state index is 12.6. The standard InChI is InChI=1S/C15H19ClN2O3S/c16-11-1-5-14(6-2-11)22(20,21)10-15(19)18-12-3-4-13(18)9-17-8-7-12/h1-2,5-6,12-13,17H,3-4,7-10H2. The zero-order chi connectivity index (χ0) is 15.7. The van der Waals surface area contributed by atoms with Gasteiger partial charge in [-0.3, -0.25) is 4.79 Å². The van der Waals surface area contributed by atoms with Crippen molar-refractivity contribution in [3.8, 4) is 0 Å². The lowest BCUT2D eigenvalue weighted by molar-refractivity contribution is -0.130. The van der Waals surface area contributed by atoms with Crippen LogP contribution in [0.4, 0.5) is 0 Å². The van der Waals surface area contributed by atoms with Crippen molar-refractivity contribution in [2.75, 3.05) is 18.8 Å². The van der Waals surface area contributed by atoms with Gasteiger partial charge in [0, 0.05) is 23.7 Å². The normalized spacial score (nSPS) is 25.0. The van der Waals surface area contributed by atoms with Gasteiger partial charge in [0.2, 0.25) is 5.91 Å². The summed E-state index contributed by atoms with van der Waals surface area (Å²) in [6.45, 7) is 1.64. The van der Waals surface area contributed by atoms with Crippen molar-refractivity contribution in [3.63, 3.8) is 0 Å². The minimum absolute atomic E-state index is 0.125. The summed E-state index contributed by atoms with van der Waals surface area (Å²) in [7, 11) is -3.63. The first-order valence-electron chi connectivity index (χ1n) is 7.47. The number of carbonyl (C=O) groups excluding carboxylic acids is 1. The monoisotopic (exact) mass is 342 g/mol. The van der Waals surface area contributed by atoms with Gasteiger partial charge >= 0.3 is 0 Å². The number of hydrogen-bond donors (Lipinski definition) is 1. The summed E-state index contributed by atoms with van der Waals surface area (Å²) in [5, 5.41) is 3.78. The third-order valence-electron chi connectivity index (χ3n) is 4.43. The molecule has 0 spiro atoms. The summed E-state index contributed by atoms with van der Waals surface area (Å²) in [4.78, 5) is 14.5. The van der Waals surface area contributed by atoms with Crippen molar-refractivity contribution in [1.29, 1.82) is 0 Å². The molecule has 120 valence electrons. The number of sulfone groups is 1. The SMILES string of the molecule is O=C(CS(=O)(=O)c1ccc(Cl)cc1)N1C2CCNCC1CC2. The van der Waals surface area contributed by atoms with E-state index in [4.69, 9.17) is 11.6 Å². The van der Waals surface area contributed by atoms with E-state index in [2.05, 4.69) is 5.32 Å². The molecule has 1 aromatic rings. The lowest BCUT2D eigenvalue weighted by atomic mass is 10.1. The van der Waals surface area contributed by atoms with Gasteiger partial charge in [0.15, 0.2) is 9.84 Å². The topological polar surface area (TPSA) is 66.5 Å². The summed E-state index contributed by atoms with van der Waals surface area (Å²) < 4.78 is 24.8. The average Bonchev–Trinajstić information content (AvgIpc) is 2.72. The van der Waals surface area contributed by atoms with Gasteiger partial charge in [0.25, 0.3) is 0 Å². The Morgan fingerprint density at radius 1 is 1.18 bits per heavy atom. The Morgan fingerprint density at radius 3 is 2.59 bits per heavy atom. The van der Waals surface area contributed by atoms with Gasteiger partial charge in [-0.2, -0.15) is 0 Å². The van der Waals surface area contributed by atoms with E-state index >= 15 is 0 Å². The largest absolute Gasteiger partial charge is 0.335 e. The lowest BCUT2D eigenvalue weighted by Gasteiger charge is -2.27. The Hall–Kier alpha value is -1.11. The Balaban J connectivity index is 1.77. The van der Waals surface area contributed by atoms with Crippen LogP contribution in [0.15, 0.2) is 29.2 Å². The van der Waals surface area contributed by atoms with Crippen molar-refractivity contribution in [2.45, 2.75) is 36.2 Å². The molecule has 2 heterocycles. The number of carbonyl (C=O) groups is 1. The van der Waals surface area contributed by atoms with Gasteiger partial charge in [-0.25, -0.2) is 8.42 Å². The van der Waals surface area contributed by atoms with E-state index in [1.165, 1.54) is 24.3 Å². The molecule has 22 heavy (non-hydrogen) atoms. The highest BCUT2D eigenvalue weighted by molar-refractivity contribution is 7.92. The summed E-state index contributed by atoms with van der Waals surface area (Å²) in [5.74, 6) is -0.757. The van der Waals surface area contributed by atoms with Gasteiger partial charge in [0.05, 0.1) is 4.90 Å². The van der Waals surface area contributed by atoms with E-state index in [1.54, 1.807) is 4.90 Å². The van der Waals surface area contributed by atoms with Crippen LogP contribution >= 0.6 is 11.6 Å². The Bertz CT molecular complexity index is 646. The quantitative estimate of drug-likeness (QED) is 0.903. The van der Waals surface area contributed by atoms with Crippen LogP contribution in [0.1, 0.15) is 19.3 Å². The van der Waals surface area contributed by atoms with Gasteiger partial charge < -0.3 is 10.2 Å². The number of fused-ring (bicyclic) bond motifs is 2. The summed E-state index contributed by atoms with van der Waals surface area (Å²) in [5.41, 5.74) is 0. The maximum Gasteiger partial charge on any atom is 0.238 e. The summed E-state index contributed by atoms with van der Waals surface area (Å²) in [6.07, 6.45) is 2.81. The molecular formula is C15H19ClN2O3S. The van der Waals surface area contributed by atoms with Crippen molar-refractivity contribution in [3.05, 3.63) is 29.3 Å². The van der Waals surface area contributed by atoms with Crippen LogP contribution in [0.5, 0.6) is 0 Å². The average molecular weight is 343 g/mol. The fourth-order valence-corrected chi connectivity index (χ4v) is 4.67. The molecule has 2 fully saturated rings. The molecule has 2 aliphatic heterocycles. The molecule has 3 rings (SSSR count). The molecule has 0 saturated carbocycles. The highest BCUT2D eigenvalue weighted by Gasteiger charge is 2.39. The Labute approximate surface area is 135 Å². The predicted octanol–water partition coefficient (Wildman–Crippen LogP) is 1.47. The van der Waals surface area contributed by atoms with E-state index < -0.39 is 15.6 Å². The molecule has 2 unspecified atom stereocenters. The Kier molecular flexibility index (Phi) is 4.43. The van der Waals surface area contributed by atoms with Crippen LogP contribution in [-0.4, -0.2) is 50.2 Å². The van der Waals surface area contributed by atoms with Crippen molar-refractivity contribution >= 4 is 27.3 Å². The van der Waals surface area contributed by atoms with Crippen LogP contribution in [0.2, 0.25) is 5.02 Å². The third kappa shape index (κ3) is 3.14. The van der Waals surface area contributed by atoms with E-state index in [9.17, 15) is 13.2 Å². The zero-order valence-corrected chi connectivity index (χ0v) is 13.7. The molecule has 0 aromatic heterocycles. The highest BCUT2D eigenvalue weighted by Crippen LogP contribution is 2.28. The van der Waals surface area contributed by atoms with Gasteiger partial charge in [0.1, 0.15) is 5.75 Å². The molecule has 2 atom stereocenters. The molecule has 2 aliphatic rings. The molecule has 1 amide bonds. The molecule has 2 saturated heterocycles. The molecule has 0 aliphatic carbocycles. The fourth-order valence-electron chi connectivity index (χ4n) is 3.35. The second-order valence-electron chi connectivity index (χ2n) is 5.89. The molecule has 1 N–H and O–H groups in total. The zero-order valence-electron chi connectivity index (χ0n) is 12.2. The molecule has 7 heteroatoms. The first-order chi connectivity index (χ1) is 10.5. The third-order valence-corrected chi connectivity index (χ3v) is 6.30. The maximum absolute atomic E-state index is 12.6. The predicted molar refractivity (Wildman–Crippen MR) is 84.6 cm³/mol. The van der Waals surface area contributed by atoms with E-state index in [1.807, 2.05) is 0 Å². The number of hydrogen-bond acceptors (Lipinski definition) is 4. The van der Waals surface area contributed by atoms with E-state index in [-0.39, 0.29) is 22.9 Å². The summed E-state index contributed by atoms with van der Waals surface area (Å²) >= 11 is 5.78. The molecule has 0 radical (unpaired) electrons. The number of benzene rings is 1. The highest BCUT2D eigenvalue weighted by atomic mass is 35.5.